The van der Waals surface area contributed by atoms with Crippen molar-refractivity contribution in [3.63, 3.8) is 0 Å². The Morgan fingerprint density at radius 1 is 0.355 bits per heavy atom. The molecular formula is C58H36N2O2. The monoisotopic (exact) mass is 792 g/mol. The van der Waals surface area contributed by atoms with E-state index in [0.717, 1.165) is 94.3 Å². The summed E-state index contributed by atoms with van der Waals surface area (Å²) in [6, 6.07) is 77.9. The topological polar surface area (TPSA) is 34.5 Å². The molecular weight excluding hydrogens is 757 g/mol. The van der Waals surface area contributed by atoms with Crippen LogP contribution in [0.5, 0.6) is 0 Å². The SMILES string of the molecule is c1cc(-c2cccc3oc4ccccc4c23)cc(N(c2cccc3ccccc23)c2ccc(-c3ccc(-n4c5ccccc5c5ccccc54)cc3)c3oc4ccccc4c23)c1. The van der Waals surface area contributed by atoms with Gasteiger partial charge in [0.1, 0.15) is 22.3 Å². The van der Waals surface area contributed by atoms with Crippen LogP contribution in [-0.2, 0) is 0 Å². The number of nitrogens with zero attached hydrogens (tertiary/aromatic N) is 2. The number of anilines is 3. The Hall–Kier alpha value is -8.34. The molecule has 0 bridgehead atoms. The Kier molecular flexibility index (Phi) is 7.57. The normalized spacial score (nSPS) is 11.9. The highest BCUT2D eigenvalue weighted by molar-refractivity contribution is 6.18. The third-order valence-electron chi connectivity index (χ3n) is 12.6. The van der Waals surface area contributed by atoms with Gasteiger partial charge in [0, 0.05) is 49.3 Å². The van der Waals surface area contributed by atoms with Crippen molar-refractivity contribution in [3.8, 4) is 27.9 Å². The lowest BCUT2D eigenvalue weighted by Crippen LogP contribution is -2.11. The lowest BCUT2D eigenvalue weighted by Gasteiger charge is -2.28. The lowest BCUT2D eigenvalue weighted by atomic mass is 9.97. The summed E-state index contributed by atoms with van der Waals surface area (Å²) in [4.78, 5) is 2.42. The zero-order chi connectivity index (χ0) is 40.7. The fourth-order valence-corrected chi connectivity index (χ4v) is 9.85. The minimum atomic E-state index is 0.850. The van der Waals surface area contributed by atoms with Crippen LogP contribution in [0.15, 0.2) is 227 Å². The summed E-state index contributed by atoms with van der Waals surface area (Å²) in [5.74, 6) is 0. The molecule has 10 aromatic carbocycles. The van der Waals surface area contributed by atoms with Gasteiger partial charge in [0.2, 0.25) is 0 Å². The van der Waals surface area contributed by atoms with Crippen molar-refractivity contribution in [2.75, 3.05) is 4.90 Å². The molecule has 0 spiro atoms. The number of hydrogen-bond donors (Lipinski definition) is 0. The Labute approximate surface area is 356 Å². The molecule has 0 N–H and O–H groups in total. The van der Waals surface area contributed by atoms with E-state index in [4.69, 9.17) is 8.83 Å². The first-order chi connectivity index (χ1) is 30.8. The summed E-state index contributed by atoms with van der Waals surface area (Å²) in [5, 5.41) is 9.19. The van der Waals surface area contributed by atoms with Gasteiger partial charge in [-0.15, -0.1) is 0 Å². The molecule has 0 saturated heterocycles. The first-order valence-corrected chi connectivity index (χ1v) is 21.1. The molecule has 0 aliphatic carbocycles. The Bertz CT molecular complexity index is 3830. The number of furan rings is 2. The Balaban J connectivity index is 1.02. The van der Waals surface area contributed by atoms with Crippen LogP contribution in [0, 0.1) is 0 Å². The number of benzene rings is 10. The minimum absolute atomic E-state index is 0.850. The highest BCUT2D eigenvalue weighted by Crippen LogP contribution is 2.48. The predicted molar refractivity (Wildman–Crippen MR) is 258 cm³/mol. The molecule has 0 unspecified atom stereocenters. The molecule has 0 atom stereocenters. The van der Waals surface area contributed by atoms with E-state index in [1.54, 1.807) is 0 Å². The van der Waals surface area contributed by atoms with Gasteiger partial charge in [-0.1, -0.05) is 146 Å². The molecule has 4 nitrogen and oxygen atoms in total. The van der Waals surface area contributed by atoms with E-state index < -0.39 is 0 Å². The second-order valence-electron chi connectivity index (χ2n) is 16.0. The van der Waals surface area contributed by atoms with Crippen molar-refractivity contribution >= 4 is 93.5 Å². The number of para-hydroxylation sites is 4. The number of fused-ring (bicyclic) bond motifs is 10. The second kappa shape index (κ2) is 13.6. The molecule has 0 amide bonds. The average Bonchev–Trinajstić information content (AvgIpc) is 4.02. The molecule has 0 aliphatic heterocycles. The fraction of sp³-hybridized carbons (Fsp3) is 0. The lowest BCUT2D eigenvalue weighted by molar-refractivity contribution is 0.669. The number of rotatable bonds is 6. The van der Waals surface area contributed by atoms with E-state index in [-0.39, 0.29) is 0 Å². The van der Waals surface area contributed by atoms with Gasteiger partial charge in [-0.25, -0.2) is 0 Å². The van der Waals surface area contributed by atoms with Gasteiger partial charge in [0.15, 0.2) is 0 Å². The van der Waals surface area contributed by atoms with Crippen molar-refractivity contribution in [1.29, 1.82) is 0 Å². The molecule has 0 aliphatic rings. The molecule has 3 heterocycles. The second-order valence-corrected chi connectivity index (χ2v) is 16.0. The highest BCUT2D eigenvalue weighted by Gasteiger charge is 2.24. The standard InChI is InChI=1S/C58H36N2O2/c1-2-18-42-37(14-1)15-12-26-49(42)60(41-17-11-16-39(36-41)43-23-13-29-55-56(43)47-21-5-9-27-53(47)61-55)52-35-34-44(58-57(52)48-22-6-10-28-54(48)62-58)38-30-32-40(33-31-38)59-50-24-7-3-19-45(50)46-20-4-8-25-51(46)59/h1-36H. The van der Waals surface area contributed by atoms with Gasteiger partial charge in [0.05, 0.1) is 27.8 Å². The van der Waals surface area contributed by atoms with E-state index in [0.29, 0.717) is 0 Å². The van der Waals surface area contributed by atoms with Gasteiger partial charge in [-0.2, -0.15) is 0 Å². The average molecular weight is 793 g/mol. The van der Waals surface area contributed by atoms with Crippen molar-refractivity contribution in [2.45, 2.75) is 0 Å². The van der Waals surface area contributed by atoms with Crippen molar-refractivity contribution in [3.05, 3.63) is 218 Å². The first kappa shape index (κ1) is 34.5. The maximum absolute atomic E-state index is 6.94. The van der Waals surface area contributed by atoms with E-state index in [2.05, 4.69) is 216 Å². The fourth-order valence-electron chi connectivity index (χ4n) is 9.85. The molecule has 3 aromatic heterocycles. The van der Waals surface area contributed by atoms with Gasteiger partial charge in [-0.3, -0.25) is 0 Å². The molecule has 290 valence electrons. The Morgan fingerprint density at radius 2 is 0.952 bits per heavy atom. The molecule has 62 heavy (non-hydrogen) atoms. The van der Waals surface area contributed by atoms with Gasteiger partial charge in [0.25, 0.3) is 0 Å². The molecule has 0 radical (unpaired) electrons. The van der Waals surface area contributed by atoms with Crippen LogP contribution >= 0.6 is 0 Å². The molecule has 13 aromatic rings. The van der Waals surface area contributed by atoms with Crippen LogP contribution in [0.1, 0.15) is 0 Å². The van der Waals surface area contributed by atoms with Crippen LogP contribution in [0.4, 0.5) is 17.1 Å². The molecule has 4 heteroatoms. The summed E-state index contributed by atoms with van der Waals surface area (Å²) < 4.78 is 15.6. The summed E-state index contributed by atoms with van der Waals surface area (Å²) >= 11 is 0. The largest absolute Gasteiger partial charge is 0.456 e. The van der Waals surface area contributed by atoms with Crippen molar-refractivity contribution < 1.29 is 8.83 Å². The van der Waals surface area contributed by atoms with Crippen LogP contribution < -0.4 is 4.90 Å². The maximum atomic E-state index is 6.94. The summed E-state index contributed by atoms with van der Waals surface area (Å²) in [6.45, 7) is 0. The van der Waals surface area contributed by atoms with Crippen LogP contribution in [-0.4, -0.2) is 4.57 Å². The predicted octanol–water partition coefficient (Wildman–Crippen LogP) is 16.5. The van der Waals surface area contributed by atoms with E-state index in [1.807, 2.05) is 12.1 Å². The summed E-state index contributed by atoms with van der Waals surface area (Å²) in [7, 11) is 0. The third-order valence-corrected chi connectivity index (χ3v) is 12.6. The molecule has 0 fully saturated rings. The van der Waals surface area contributed by atoms with Gasteiger partial charge in [-0.05, 0) is 94.9 Å². The molecule has 0 saturated carbocycles. The van der Waals surface area contributed by atoms with Crippen molar-refractivity contribution in [2.24, 2.45) is 0 Å². The van der Waals surface area contributed by atoms with Gasteiger partial charge >= 0.3 is 0 Å². The van der Waals surface area contributed by atoms with Crippen molar-refractivity contribution in [1.82, 2.24) is 4.57 Å². The zero-order valence-electron chi connectivity index (χ0n) is 33.5. The zero-order valence-corrected chi connectivity index (χ0v) is 33.5. The first-order valence-electron chi connectivity index (χ1n) is 21.1. The van der Waals surface area contributed by atoms with Crippen LogP contribution in [0.3, 0.4) is 0 Å². The highest BCUT2D eigenvalue weighted by atomic mass is 16.3. The van der Waals surface area contributed by atoms with Gasteiger partial charge < -0.3 is 18.3 Å². The van der Waals surface area contributed by atoms with E-state index >= 15 is 0 Å². The summed E-state index contributed by atoms with van der Waals surface area (Å²) in [6.07, 6.45) is 0. The number of aromatic nitrogens is 1. The molecule has 13 rings (SSSR count). The van der Waals surface area contributed by atoms with E-state index in [1.165, 1.54) is 27.2 Å². The Morgan fingerprint density at radius 3 is 1.73 bits per heavy atom. The van der Waals surface area contributed by atoms with E-state index in [9.17, 15) is 0 Å². The number of hydrogen-bond acceptors (Lipinski definition) is 3. The minimum Gasteiger partial charge on any atom is -0.456 e. The summed E-state index contributed by atoms with van der Waals surface area (Å²) in [5.41, 5.74) is 14.5. The maximum Gasteiger partial charge on any atom is 0.145 e. The van der Waals surface area contributed by atoms with Crippen LogP contribution in [0.25, 0.3) is 104 Å². The quantitative estimate of drug-likeness (QED) is 0.168. The third kappa shape index (κ3) is 5.20. The van der Waals surface area contributed by atoms with Crippen LogP contribution in [0.2, 0.25) is 0 Å². The smallest absolute Gasteiger partial charge is 0.145 e.